The Morgan fingerprint density at radius 1 is 1.03 bits per heavy atom. The van der Waals surface area contributed by atoms with Crippen molar-refractivity contribution in [2.24, 2.45) is 0 Å². The molecule has 31 heavy (non-hydrogen) atoms. The van der Waals surface area contributed by atoms with Gasteiger partial charge >= 0.3 is 0 Å². The van der Waals surface area contributed by atoms with Gasteiger partial charge in [0.15, 0.2) is 0 Å². The van der Waals surface area contributed by atoms with E-state index < -0.39 is 5.82 Å². The Kier molecular flexibility index (Phi) is 6.18. The number of carbonyl (C=O) groups is 1. The van der Waals surface area contributed by atoms with Crippen LogP contribution in [-0.2, 0) is 0 Å². The van der Waals surface area contributed by atoms with E-state index in [0.29, 0.717) is 54.9 Å². The third-order valence-electron chi connectivity index (χ3n) is 4.95. The molecule has 1 aliphatic rings. The van der Waals surface area contributed by atoms with E-state index in [9.17, 15) is 9.18 Å². The lowest BCUT2D eigenvalue weighted by Gasteiger charge is -2.35. The van der Waals surface area contributed by atoms with E-state index in [1.54, 1.807) is 31.4 Å². The molecule has 1 aromatic heterocycles. The largest absolute Gasteiger partial charge is 0.497 e. The summed E-state index contributed by atoms with van der Waals surface area (Å²) in [7, 11) is 1.58. The van der Waals surface area contributed by atoms with Crippen LogP contribution in [0.15, 0.2) is 54.9 Å². The molecule has 9 heteroatoms. The molecule has 0 radical (unpaired) electrons. The lowest BCUT2D eigenvalue weighted by molar-refractivity contribution is 0.0746. The Hall–Kier alpha value is -3.39. The first-order valence-electron chi connectivity index (χ1n) is 9.67. The number of ether oxygens (including phenoxy) is 2. The minimum Gasteiger partial charge on any atom is -0.497 e. The fourth-order valence-electron chi connectivity index (χ4n) is 3.30. The molecule has 0 bridgehead atoms. The summed E-state index contributed by atoms with van der Waals surface area (Å²) in [5.74, 6) is 1.50. The first kappa shape index (κ1) is 20.9. The van der Waals surface area contributed by atoms with Crippen molar-refractivity contribution in [2.45, 2.75) is 0 Å². The highest BCUT2D eigenvalue weighted by Crippen LogP contribution is 2.27. The van der Waals surface area contributed by atoms with Crippen LogP contribution in [0.5, 0.6) is 17.4 Å². The van der Waals surface area contributed by atoms with E-state index >= 15 is 0 Å². The van der Waals surface area contributed by atoms with Crippen LogP contribution in [0.1, 0.15) is 10.4 Å². The highest BCUT2D eigenvalue weighted by atomic mass is 35.5. The fourth-order valence-corrected chi connectivity index (χ4v) is 3.47. The minimum absolute atomic E-state index is 0.0244. The van der Waals surface area contributed by atoms with Crippen molar-refractivity contribution in [2.75, 3.05) is 38.2 Å². The molecule has 0 spiro atoms. The molecule has 0 N–H and O–H groups in total. The standard InChI is InChI=1S/C22H20ClFN4O3/c1-30-16-4-2-3-15(11-16)22(29)28-9-7-27(8-10-28)20-13-21(26-14-25-20)31-17-5-6-19(24)18(23)12-17/h2-6,11-14H,7-10H2,1H3. The zero-order chi connectivity index (χ0) is 21.8. The molecular weight excluding hydrogens is 423 g/mol. The molecule has 1 fully saturated rings. The summed E-state index contributed by atoms with van der Waals surface area (Å²) in [6.07, 6.45) is 1.41. The van der Waals surface area contributed by atoms with Gasteiger partial charge < -0.3 is 19.3 Å². The van der Waals surface area contributed by atoms with Crippen LogP contribution >= 0.6 is 11.6 Å². The molecule has 1 amide bonds. The maximum Gasteiger partial charge on any atom is 0.254 e. The van der Waals surface area contributed by atoms with Crippen LogP contribution in [0.4, 0.5) is 10.2 Å². The second kappa shape index (κ2) is 9.18. The number of rotatable bonds is 5. The number of carbonyl (C=O) groups excluding carboxylic acids is 1. The molecule has 3 aromatic rings. The van der Waals surface area contributed by atoms with E-state index in [1.165, 1.54) is 24.5 Å². The number of anilines is 1. The number of piperazine rings is 1. The summed E-state index contributed by atoms with van der Waals surface area (Å²) in [4.78, 5) is 25.1. The summed E-state index contributed by atoms with van der Waals surface area (Å²) < 4.78 is 24.2. The van der Waals surface area contributed by atoms with Crippen molar-refractivity contribution in [1.29, 1.82) is 0 Å². The molecule has 7 nitrogen and oxygen atoms in total. The van der Waals surface area contributed by atoms with Gasteiger partial charge in [-0.1, -0.05) is 17.7 Å². The molecule has 160 valence electrons. The normalized spacial score (nSPS) is 13.8. The Bertz CT molecular complexity index is 1090. The lowest BCUT2D eigenvalue weighted by atomic mass is 10.1. The minimum atomic E-state index is -0.515. The smallest absolute Gasteiger partial charge is 0.254 e. The van der Waals surface area contributed by atoms with Gasteiger partial charge in [0.25, 0.3) is 5.91 Å². The van der Waals surface area contributed by atoms with Gasteiger partial charge in [-0.15, -0.1) is 0 Å². The molecule has 0 unspecified atom stereocenters. The Labute approximate surface area is 184 Å². The predicted octanol–water partition coefficient (Wildman–Crippen LogP) is 4.03. The highest BCUT2D eigenvalue weighted by Gasteiger charge is 2.23. The van der Waals surface area contributed by atoms with Gasteiger partial charge in [-0.05, 0) is 30.3 Å². The van der Waals surface area contributed by atoms with Gasteiger partial charge in [-0.25, -0.2) is 14.4 Å². The number of amides is 1. The average Bonchev–Trinajstić information content (AvgIpc) is 2.81. The van der Waals surface area contributed by atoms with E-state index in [0.717, 1.165) is 0 Å². The summed E-state index contributed by atoms with van der Waals surface area (Å²) >= 11 is 5.80. The Morgan fingerprint density at radius 3 is 2.58 bits per heavy atom. The second-order valence-corrected chi connectivity index (χ2v) is 7.31. The van der Waals surface area contributed by atoms with Crippen LogP contribution < -0.4 is 14.4 Å². The topological polar surface area (TPSA) is 67.8 Å². The number of benzene rings is 2. The summed E-state index contributed by atoms with van der Waals surface area (Å²) in [6.45, 7) is 2.36. The first-order chi connectivity index (χ1) is 15.0. The quantitative estimate of drug-likeness (QED) is 0.594. The fraction of sp³-hybridized carbons (Fsp3) is 0.227. The number of hydrogen-bond donors (Lipinski definition) is 0. The average molecular weight is 443 g/mol. The van der Waals surface area contributed by atoms with Crippen molar-refractivity contribution >= 4 is 23.3 Å². The second-order valence-electron chi connectivity index (χ2n) is 6.90. The van der Waals surface area contributed by atoms with E-state index in [2.05, 4.69) is 14.9 Å². The number of aromatic nitrogens is 2. The monoisotopic (exact) mass is 442 g/mol. The van der Waals surface area contributed by atoms with Gasteiger partial charge in [-0.2, -0.15) is 0 Å². The highest BCUT2D eigenvalue weighted by molar-refractivity contribution is 6.30. The SMILES string of the molecule is COc1cccc(C(=O)N2CCN(c3cc(Oc4ccc(F)c(Cl)c4)ncn3)CC2)c1. The van der Waals surface area contributed by atoms with Gasteiger partial charge in [0, 0.05) is 43.9 Å². The Morgan fingerprint density at radius 2 is 1.84 bits per heavy atom. The molecular formula is C22H20ClFN4O3. The first-order valence-corrected chi connectivity index (χ1v) is 10.0. The number of halogens is 2. The molecule has 2 heterocycles. The van der Waals surface area contributed by atoms with E-state index in [1.807, 2.05) is 11.0 Å². The van der Waals surface area contributed by atoms with Crippen molar-refractivity contribution in [3.8, 4) is 17.4 Å². The van der Waals surface area contributed by atoms with Crippen molar-refractivity contribution in [1.82, 2.24) is 14.9 Å². The Balaban J connectivity index is 1.40. The van der Waals surface area contributed by atoms with Crippen LogP contribution in [0, 0.1) is 5.82 Å². The van der Waals surface area contributed by atoms with Gasteiger partial charge in [0.05, 0.1) is 12.1 Å². The summed E-state index contributed by atoms with van der Waals surface area (Å²) in [6, 6.07) is 12.9. The van der Waals surface area contributed by atoms with Crippen LogP contribution in [-0.4, -0.2) is 54.1 Å². The van der Waals surface area contributed by atoms with Crippen molar-refractivity contribution in [3.63, 3.8) is 0 Å². The third kappa shape index (κ3) is 4.86. The maximum atomic E-state index is 13.3. The molecule has 0 aliphatic carbocycles. The number of hydrogen-bond acceptors (Lipinski definition) is 6. The van der Waals surface area contributed by atoms with Crippen LogP contribution in [0.2, 0.25) is 5.02 Å². The molecule has 1 saturated heterocycles. The number of nitrogens with zero attached hydrogens (tertiary/aromatic N) is 4. The third-order valence-corrected chi connectivity index (χ3v) is 5.24. The lowest BCUT2D eigenvalue weighted by Crippen LogP contribution is -2.49. The van der Waals surface area contributed by atoms with Gasteiger partial charge in [0.1, 0.15) is 29.5 Å². The molecule has 2 aromatic carbocycles. The van der Waals surface area contributed by atoms with Gasteiger partial charge in [-0.3, -0.25) is 4.79 Å². The molecule has 0 saturated carbocycles. The predicted molar refractivity (Wildman–Crippen MR) is 115 cm³/mol. The van der Waals surface area contributed by atoms with Crippen molar-refractivity contribution < 1.29 is 18.7 Å². The molecule has 0 atom stereocenters. The summed E-state index contributed by atoms with van der Waals surface area (Å²) in [5, 5.41) is -0.0244. The molecule has 4 rings (SSSR count). The summed E-state index contributed by atoms with van der Waals surface area (Å²) in [5.41, 5.74) is 0.600. The van der Waals surface area contributed by atoms with E-state index in [-0.39, 0.29) is 10.9 Å². The van der Waals surface area contributed by atoms with Crippen molar-refractivity contribution in [3.05, 3.63) is 71.3 Å². The van der Waals surface area contributed by atoms with Gasteiger partial charge in [0.2, 0.25) is 5.88 Å². The van der Waals surface area contributed by atoms with Crippen LogP contribution in [0.3, 0.4) is 0 Å². The number of methoxy groups -OCH3 is 1. The zero-order valence-electron chi connectivity index (χ0n) is 16.8. The molecule has 1 aliphatic heterocycles. The van der Waals surface area contributed by atoms with Crippen LogP contribution in [0.25, 0.3) is 0 Å². The van der Waals surface area contributed by atoms with E-state index in [4.69, 9.17) is 21.1 Å². The maximum absolute atomic E-state index is 13.3. The zero-order valence-corrected chi connectivity index (χ0v) is 17.6.